The Morgan fingerprint density at radius 2 is 1.43 bits per heavy atom. The predicted molar refractivity (Wildman–Crippen MR) is 174 cm³/mol. The molecule has 0 saturated heterocycles. The number of carboxylic acids is 1. The summed E-state index contributed by atoms with van der Waals surface area (Å²) in [6.45, 7) is 0. The number of nitrogens with zero attached hydrogens (tertiary/aromatic N) is 4. The number of fused-ring (bicyclic) bond motifs is 2. The van der Waals surface area contributed by atoms with E-state index in [-0.39, 0.29) is 12.1 Å². The number of imidazole rings is 1. The number of rotatable bonds is 9. The Balaban J connectivity index is 1.35. The van der Waals surface area contributed by atoms with Gasteiger partial charge < -0.3 is 14.5 Å². The Morgan fingerprint density at radius 3 is 2.02 bits per heavy atom. The van der Waals surface area contributed by atoms with E-state index in [4.69, 9.17) is 0 Å². The minimum atomic E-state index is -1.07. The molecule has 10 heteroatoms. The molecule has 3 aromatic carbocycles. The molecule has 3 N–H and O–H groups in total. The number of aromatic amines is 1. The number of pyridine rings is 2. The number of aromatic nitrogens is 5. The highest BCUT2D eigenvalue weighted by Gasteiger charge is 2.40. The van der Waals surface area contributed by atoms with Gasteiger partial charge in [-0.1, -0.05) is 91.0 Å². The highest BCUT2D eigenvalue weighted by atomic mass is 16.4. The lowest BCUT2D eigenvalue weighted by Crippen LogP contribution is -2.53. The number of aliphatic carboxylic acids is 1. The van der Waals surface area contributed by atoms with E-state index in [0.29, 0.717) is 22.2 Å². The zero-order valence-corrected chi connectivity index (χ0v) is 24.4. The monoisotopic (exact) mass is 608 g/mol. The van der Waals surface area contributed by atoms with Gasteiger partial charge in [0.25, 0.3) is 5.56 Å². The molecule has 46 heavy (non-hydrogen) atoms. The first-order valence-corrected chi connectivity index (χ1v) is 14.7. The van der Waals surface area contributed by atoms with Crippen LogP contribution in [0.1, 0.15) is 22.4 Å². The second-order valence-electron chi connectivity index (χ2n) is 10.9. The lowest BCUT2D eigenvalue weighted by molar-refractivity contribution is -0.139. The van der Waals surface area contributed by atoms with Crippen molar-refractivity contribution in [2.24, 2.45) is 0 Å². The van der Waals surface area contributed by atoms with Crippen LogP contribution in [0.2, 0.25) is 0 Å². The first kappa shape index (κ1) is 28.6. The molecule has 4 aromatic heterocycles. The molecule has 0 aliphatic heterocycles. The zero-order valence-electron chi connectivity index (χ0n) is 24.4. The SMILES string of the molecule is O=C(O)[C@H](Cc1ccc(-n2c(=O)[nH]c3cnccc3c2=O)c2nccn12)NC(c1ccccc1)(c1ccccc1)c1ccccc1. The first-order valence-electron chi connectivity index (χ1n) is 14.7. The van der Waals surface area contributed by atoms with Gasteiger partial charge >= 0.3 is 11.7 Å². The molecule has 7 aromatic rings. The normalized spacial score (nSPS) is 12.3. The Labute approximate surface area is 262 Å². The van der Waals surface area contributed by atoms with Gasteiger partial charge in [-0.3, -0.25) is 19.9 Å². The summed E-state index contributed by atoms with van der Waals surface area (Å²) in [5.74, 6) is -1.04. The Morgan fingerprint density at radius 1 is 0.826 bits per heavy atom. The molecule has 0 fully saturated rings. The molecule has 0 bridgehead atoms. The summed E-state index contributed by atoms with van der Waals surface area (Å²) >= 11 is 0. The van der Waals surface area contributed by atoms with E-state index >= 15 is 0 Å². The fraction of sp³-hybridized carbons (Fsp3) is 0.0833. The molecule has 0 amide bonds. The number of carbonyl (C=O) groups is 1. The maximum Gasteiger partial charge on any atom is 0.333 e. The second kappa shape index (κ2) is 11.8. The molecule has 0 spiro atoms. The van der Waals surface area contributed by atoms with Crippen LogP contribution in [0.4, 0.5) is 0 Å². The molecule has 0 radical (unpaired) electrons. The van der Waals surface area contributed by atoms with Crippen molar-refractivity contribution >= 4 is 22.5 Å². The summed E-state index contributed by atoms with van der Waals surface area (Å²) in [6, 6.07) is 33.2. The summed E-state index contributed by atoms with van der Waals surface area (Å²) < 4.78 is 2.75. The van der Waals surface area contributed by atoms with Crippen molar-refractivity contribution in [1.82, 2.24) is 29.2 Å². The highest BCUT2D eigenvalue weighted by Crippen LogP contribution is 2.37. The highest BCUT2D eigenvalue weighted by molar-refractivity contribution is 5.77. The van der Waals surface area contributed by atoms with Gasteiger partial charge in [0.05, 0.1) is 28.3 Å². The van der Waals surface area contributed by atoms with Crippen molar-refractivity contribution < 1.29 is 9.90 Å². The minimum absolute atomic E-state index is 0.0609. The molecule has 10 nitrogen and oxygen atoms in total. The van der Waals surface area contributed by atoms with Gasteiger partial charge in [0.2, 0.25) is 0 Å². The molecular formula is C36H28N6O4. The average molecular weight is 609 g/mol. The van der Waals surface area contributed by atoms with Gasteiger partial charge in [0.1, 0.15) is 6.04 Å². The van der Waals surface area contributed by atoms with Crippen molar-refractivity contribution in [1.29, 1.82) is 0 Å². The summed E-state index contributed by atoms with van der Waals surface area (Å²) in [5.41, 5.74) is 2.04. The third kappa shape index (κ3) is 4.86. The van der Waals surface area contributed by atoms with Gasteiger partial charge in [-0.2, -0.15) is 0 Å². The molecule has 1 atom stereocenters. The van der Waals surface area contributed by atoms with Crippen LogP contribution >= 0.6 is 0 Å². The maximum absolute atomic E-state index is 13.4. The van der Waals surface area contributed by atoms with Crippen LogP contribution in [0.15, 0.2) is 144 Å². The van der Waals surface area contributed by atoms with Crippen LogP contribution in [0, 0.1) is 0 Å². The fourth-order valence-electron chi connectivity index (χ4n) is 6.16. The fourth-order valence-corrected chi connectivity index (χ4v) is 6.16. The minimum Gasteiger partial charge on any atom is -0.480 e. The van der Waals surface area contributed by atoms with Crippen molar-refractivity contribution in [2.75, 3.05) is 0 Å². The standard InChI is InChI=1S/C36H28N6O4/c43-33-28-18-19-37-23-30(28)39-35(46)42(33)31-17-16-27(41-21-20-38-32(31)41)22-29(34(44)45)40-36(24-10-4-1-5-11-24,25-12-6-2-7-13-25)26-14-8-3-9-15-26/h1-21,23,29,40H,22H2,(H,39,46)(H,44,45)/t29-/m0/s1. The van der Waals surface area contributed by atoms with Crippen molar-refractivity contribution in [3.8, 4) is 5.69 Å². The van der Waals surface area contributed by atoms with Crippen LogP contribution < -0.4 is 16.6 Å². The number of H-pyrrole nitrogens is 1. The lowest BCUT2D eigenvalue weighted by atomic mass is 9.76. The van der Waals surface area contributed by atoms with Gasteiger partial charge in [-0.05, 0) is 34.9 Å². The molecule has 0 aliphatic carbocycles. The number of benzene rings is 3. The van der Waals surface area contributed by atoms with E-state index in [1.54, 1.807) is 35.0 Å². The number of carboxylic acid groups (broad SMARTS) is 1. The van der Waals surface area contributed by atoms with Crippen LogP contribution in [-0.2, 0) is 16.8 Å². The summed E-state index contributed by atoms with van der Waals surface area (Å²) in [6.07, 6.45) is 6.22. The smallest absolute Gasteiger partial charge is 0.333 e. The van der Waals surface area contributed by atoms with Crippen LogP contribution in [0.3, 0.4) is 0 Å². The van der Waals surface area contributed by atoms with E-state index in [1.807, 2.05) is 91.0 Å². The average Bonchev–Trinajstić information content (AvgIpc) is 3.59. The van der Waals surface area contributed by atoms with Crippen molar-refractivity contribution in [3.05, 3.63) is 177 Å². The summed E-state index contributed by atoms with van der Waals surface area (Å²) in [5, 5.41) is 14.5. The predicted octanol–water partition coefficient (Wildman–Crippen LogP) is 4.30. The van der Waals surface area contributed by atoms with Gasteiger partial charge in [-0.15, -0.1) is 0 Å². The van der Waals surface area contributed by atoms with Crippen molar-refractivity contribution in [3.63, 3.8) is 0 Å². The Bertz CT molecular complexity index is 2200. The van der Waals surface area contributed by atoms with E-state index in [1.165, 1.54) is 12.4 Å². The quantitative estimate of drug-likeness (QED) is 0.208. The van der Waals surface area contributed by atoms with E-state index in [0.717, 1.165) is 21.3 Å². The van der Waals surface area contributed by atoms with Gasteiger partial charge in [-0.25, -0.2) is 14.3 Å². The van der Waals surface area contributed by atoms with E-state index in [2.05, 4.69) is 20.3 Å². The molecule has 0 unspecified atom stereocenters. The third-order valence-electron chi connectivity index (χ3n) is 8.28. The first-order chi connectivity index (χ1) is 22.5. The van der Waals surface area contributed by atoms with Crippen LogP contribution in [0.5, 0.6) is 0 Å². The molecule has 0 saturated carbocycles. The lowest BCUT2D eigenvalue weighted by Gasteiger charge is -2.39. The maximum atomic E-state index is 13.4. The summed E-state index contributed by atoms with van der Waals surface area (Å²) in [4.78, 5) is 50.7. The van der Waals surface area contributed by atoms with Crippen LogP contribution in [-0.4, -0.2) is 41.0 Å². The van der Waals surface area contributed by atoms with Crippen molar-refractivity contribution in [2.45, 2.75) is 18.0 Å². The van der Waals surface area contributed by atoms with Crippen LogP contribution in [0.25, 0.3) is 22.2 Å². The molecule has 4 heterocycles. The summed E-state index contributed by atoms with van der Waals surface area (Å²) in [7, 11) is 0. The molecule has 7 rings (SSSR count). The topological polar surface area (TPSA) is 134 Å². The number of hydrogen-bond donors (Lipinski definition) is 3. The van der Waals surface area contributed by atoms with Gasteiger partial charge in [0.15, 0.2) is 5.65 Å². The molecule has 0 aliphatic rings. The molecule has 226 valence electrons. The number of hydrogen-bond acceptors (Lipinski definition) is 6. The third-order valence-corrected chi connectivity index (χ3v) is 8.28. The Kier molecular flexibility index (Phi) is 7.31. The van der Waals surface area contributed by atoms with Gasteiger partial charge in [0, 0.05) is 30.7 Å². The second-order valence-corrected chi connectivity index (χ2v) is 10.9. The zero-order chi connectivity index (χ0) is 31.7. The van der Waals surface area contributed by atoms with E-state index in [9.17, 15) is 19.5 Å². The Hall–Kier alpha value is -6.13. The largest absolute Gasteiger partial charge is 0.480 e. The molecular weight excluding hydrogens is 580 g/mol. The van der Waals surface area contributed by atoms with E-state index < -0.39 is 28.8 Å². The number of nitrogens with one attached hydrogen (secondary N) is 2.